The second kappa shape index (κ2) is 2.85. The van der Waals surface area contributed by atoms with Gasteiger partial charge in [-0.1, -0.05) is 0 Å². The predicted molar refractivity (Wildman–Crippen MR) is 49.6 cm³/mol. The first kappa shape index (κ1) is 7.71. The van der Waals surface area contributed by atoms with Crippen LogP contribution in [0.4, 0.5) is 5.69 Å². The molecule has 2 heteroatoms. The lowest BCUT2D eigenvalue weighted by molar-refractivity contribution is 0.532. The molecule has 1 aliphatic heterocycles. The van der Waals surface area contributed by atoms with Crippen molar-refractivity contribution in [2.45, 2.75) is 26.7 Å². The quantitative estimate of drug-likeness (QED) is 0.635. The van der Waals surface area contributed by atoms with E-state index in [-0.39, 0.29) is 0 Å². The first-order valence-corrected chi connectivity index (χ1v) is 4.58. The van der Waals surface area contributed by atoms with E-state index in [1.54, 1.807) is 0 Å². The van der Waals surface area contributed by atoms with E-state index >= 15 is 0 Å². The van der Waals surface area contributed by atoms with E-state index in [1.165, 1.54) is 37.2 Å². The van der Waals surface area contributed by atoms with Gasteiger partial charge < -0.3 is 9.32 Å². The van der Waals surface area contributed by atoms with Crippen molar-refractivity contribution in [3.63, 3.8) is 0 Å². The number of nitrogens with zero attached hydrogens (tertiary/aromatic N) is 1. The lowest BCUT2D eigenvalue weighted by Crippen LogP contribution is -2.18. The standard InChI is InChI=1S/C10H15NO/c1-8-7-12-9(2)10(8)11-5-3-4-6-11/h7H,3-6H2,1-2H3. The highest BCUT2D eigenvalue weighted by Crippen LogP contribution is 2.28. The van der Waals surface area contributed by atoms with Gasteiger partial charge in [-0.2, -0.15) is 0 Å². The lowest BCUT2D eigenvalue weighted by atomic mass is 10.2. The first-order chi connectivity index (χ1) is 5.79. The van der Waals surface area contributed by atoms with E-state index in [2.05, 4.69) is 11.8 Å². The third kappa shape index (κ3) is 1.11. The summed E-state index contributed by atoms with van der Waals surface area (Å²) in [6.45, 7) is 6.55. The molecular formula is C10H15NO. The minimum Gasteiger partial charge on any atom is -0.467 e. The maximum absolute atomic E-state index is 5.37. The Morgan fingerprint density at radius 1 is 1.25 bits per heavy atom. The van der Waals surface area contributed by atoms with Crippen LogP contribution in [-0.2, 0) is 0 Å². The molecule has 0 bridgehead atoms. The fourth-order valence-corrected chi connectivity index (χ4v) is 1.98. The fourth-order valence-electron chi connectivity index (χ4n) is 1.98. The molecule has 0 atom stereocenters. The van der Waals surface area contributed by atoms with Crippen LogP contribution in [0.25, 0.3) is 0 Å². The smallest absolute Gasteiger partial charge is 0.124 e. The van der Waals surface area contributed by atoms with Crippen molar-refractivity contribution < 1.29 is 4.42 Å². The summed E-state index contributed by atoms with van der Waals surface area (Å²) in [5, 5.41) is 0. The molecule has 12 heavy (non-hydrogen) atoms. The Labute approximate surface area is 73.2 Å². The highest BCUT2D eigenvalue weighted by atomic mass is 16.3. The monoisotopic (exact) mass is 165 g/mol. The molecule has 0 aromatic carbocycles. The normalized spacial score (nSPS) is 17.3. The minimum atomic E-state index is 1.06. The molecule has 0 N–H and O–H groups in total. The Kier molecular flexibility index (Phi) is 1.83. The zero-order valence-electron chi connectivity index (χ0n) is 7.76. The van der Waals surface area contributed by atoms with E-state index < -0.39 is 0 Å². The van der Waals surface area contributed by atoms with Gasteiger partial charge in [-0.3, -0.25) is 0 Å². The van der Waals surface area contributed by atoms with Crippen molar-refractivity contribution in [2.75, 3.05) is 18.0 Å². The molecule has 2 rings (SSSR count). The molecule has 0 aliphatic carbocycles. The van der Waals surface area contributed by atoms with E-state index in [0.29, 0.717) is 0 Å². The van der Waals surface area contributed by atoms with Gasteiger partial charge in [-0.15, -0.1) is 0 Å². The molecular weight excluding hydrogens is 150 g/mol. The van der Waals surface area contributed by atoms with Gasteiger partial charge in [-0.05, 0) is 26.7 Å². The largest absolute Gasteiger partial charge is 0.467 e. The van der Waals surface area contributed by atoms with Crippen molar-refractivity contribution in [1.29, 1.82) is 0 Å². The van der Waals surface area contributed by atoms with Crippen molar-refractivity contribution in [3.05, 3.63) is 17.6 Å². The summed E-state index contributed by atoms with van der Waals surface area (Å²) in [6, 6.07) is 0. The topological polar surface area (TPSA) is 16.4 Å². The molecule has 0 saturated carbocycles. The minimum absolute atomic E-state index is 1.06. The molecule has 0 unspecified atom stereocenters. The molecule has 0 amide bonds. The number of hydrogen-bond acceptors (Lipinski definition) is 2. The van der Waals surface area contributed by atoms with E-state index in [4.69, 9.17) is 4.42 Å². The highest BCUT2D eigenvalue weighted by Gasteiger charge is 2.18. The summed E-state index contributed by atoms with van der Waals surface area (Å²) >= 11 is 0. The molecule has 0 spiro atoms. The molecule has 0 radical (unpaired) electrons. The molecule has 1 aliphatic rings. The summed E-state index contributed by atoms with van der Waals surface area (Å²) in [6.07, 6.45) is 4.50. The van der Waals surface area contributed by atoms with E-state index in [9.17, 15) is 0 Å². The highest BCUT2D eigenvalue weighted by molar-refractivity contribution is 5.55. The van der Waals surface area contributed by atoms with Crippen LogP contribution in [0.5, 0.6) is 0 Å². The van der Waals surface area contributed by atoms with Gasteiger partial charge in [0.2, 0.25) is 0 Å². The van der Waals surface area contributed by atoms with Crippen LogP contribution in [0.1, 0.15) is 24.2 Å². The van der Waals surface area contributed by atoms with Crippen molar-refractivity contribution >= 4 is 5.69 Å². The van der Waals surface area contributed by atoms with E-state index in [1.807, 2.05) is 13.2 Å². The van der Waals surface area contributed by atoms with Crippen LogP contribution < -0.4 is 4.90 Å². The zero-order chi connectivity index (χ0) is 8.55. The van der Waals surface area contributed by atoms with Gasteiger partial charge in [0.05, 0.1) is 12.0 Å². The number of hydrogen-bond donors (Lipinski definition) is 0. The van der Waals surface area contributed by atoms with Gasteiger partial charge in [0.25, 0.3) is 0 Å². The number of furan rings is 1. The van der Waals surface area contributed by atoms with Crippen LogP contribution >= 0.6 is 0 Å². The summed E-state index contributed by atoms with van der Waals surface area (Å²) in [5.74, 6) is 1.06. The molecule has 2 heterocycles. The van der Waals surface area contributed by atoms with Gasteiger partial charge >= 0.3 is 0 Å². The second-order valence-electron chi connectivity index (χ2n) is 3.52. The van der Waals surface area contributed by atoms with Crippen LogP contribution in [0.15, 0.2) is 10.7 Å². The second-order valence-corrected chi connectivity index (χ2v) is 3.52. The number of rotatable bonds is 1. The maximum Gasteiger partial charge on any atom is 0.124 e. The van der Waals surface area contributed by atoms with E-state index in [0.717, 1.165) is 5.76 Å². The average molecular weight is 165 g/mol. The van der Waals surface area contributed by atoms with Crippen LogP contribution in [0.3, 0.4) is 0 Å². The van der Waals surface area contributed by atoms with Gasteiger partial charge in [0.15, 0.2) is 0 Å². The third-order valence-corrected chi connectivity index (χ3v) is 2.54. The Morgan fingerprint density at radius 3 is 2.42 bits per heavy atom. The molecule has 1 saturated heterocycles. The Bertz CT molecular complexity index is 252. The van der Waals surface area contributed by atoms with Crippen LogP contribution in [0.2, 0.25) is 0 Å². The zero-order valence-corrected chi connectivity index (χ0v) is 7.76. The van der Waals surface area contributed by atoms with Crippen LogP contribution in [0, 0.1) is 13.8 Å². The summed E-state index contributed by atoms with van der Waals surface area (Å²) in [4.78, 5) is 2.42. The maximum atomic E-state index is 5.37. The number of anilines is 1. The van der Waals surface area contributed by atoms with Crippen molar-refractivity contribution in [2.24, 2.45) is 0 Å². The van der Waals surface area contributed by atoms with Crippen LogP contribution in [-0.4, -0.2) is 13.1 Å². The fraction of sp³-hybridized carbons (Fsp3) is 0.600. The first-order valence-electron chi connectivity index (χ1n) is 4.58. The van der Waals surface area contributed by atoms with Gasteiger partial charge in [0, 0.05) is 18.7 Å². The number of aryl methyl sites for hydroxylation is 2. The molecule has 1 fully saturated rings. The summed E-state index contributed by atoms with van der Waals surface area (Å²) in [7, 11) is 0. The van der Waals surface area contributed by atoms with Crippen molar-refractivity contribution in [3.8, 4) is 0 Å². The predicted octanol–water partition coefficient (Wildman–Crippen LogP) is 2.50. The molecule has 66 valence electrons. The summed E-state index contributed by atoms with van der Waals surface area (Å²) in [5.41, 5.74) is 2.60. The van der Waals surface area contributed by atoms with Gasteiger partial charge in [0.1, 0.15) is 5.76 Å². The Morgan fingerprint density at radius 2 is 1.92 bits per heavy atom. The average Bonchev–Trinajstić information content (AvgIpc) is 2.61. The van der Waals surface area contributed by atoms with Gasteiger partial charge in [-0.25, -0.2) is 0 Å². The molecule has 2 nitrogen and oxygen atoms in total. The molecule has 1 aromatic heterocycles. The molecule has 1 aromatic rings. The Hall–Kier alpha value is -0.920. The SMILES string of the molecule is Cc1coc(C)c1N1CCCC1. The Balaban J connectivity index is 2.30. The third-order valence-electron chi connectivity index (χ3n) is 2.54. The lowest BCUT2D eigenvalue weighted by Gasteiger charge is -2.17. The summed E-state index contributed by atoms with van der Waals surface area (Å²) < 4.78 is 5.37. The van der Waals surface area contributed by atoms with Crippen molar-refractivity contribution in [1.82, 2.24) is 0 Å².